The highest BCUT2D eigenvalue weighted by Crippen LogP contribution is 2.21. The molecule has 0 saturated heterocycles. The molecule has 0 unspecified atom stereocenters. The van der Waals surface area contributed by atoms with E-state index in [9.17, 15) is 21.9 Å². The SMILES string of the molecule is CC(C)(Oc1ccc(C(=O)c2ccc(/C=C/S(=O)(=O)F)cc2)cc1)C(=O)O. The topological polar surface area (TPSA) is 97.7 Å². The molecule has 2 aromatic rings. The number of hydrogen-bond donors (Lipinski definition) is 1. The van der Waals surface area contributed by atoms with Gasteiger partial charge in [-0.25, -0.2) is 4.79 Å². The zero-order chi connectivity index (χ0) is 20.2. The van der Waals surface area contributed by atoms with Crippen LogP contribution in [0.4, 0.5) is 3.89 Å². The lowest BCUT2D eigenvalue weighted by atomic mass is 10.0. The molecule has 0 heterocycles. The molecule has 0 aliphatic heterocycles. The van der Waals surface area contributed by atoms with Gasteiger partial charge in [0.25, 0.3) is 0 Å². The van der Waals surface area contributed by atoms with E-state index in [1.165, 1.54) is 62.4 Å². The van der Waals surface area contributed by atoms with Crippen molar-refractivity contribution < 1.29 is 31.7 Å². The quantitative estimate of drug-likeness (QED) is 0.573. The maximum Gasteiger partial charge on any atom is 0.347 e. The van der Waals surface area contributed by atoms with E-state index in [0.29, 0.717) is 27.8 Å². The van der Waals surface area contributed by atoms with Crippen molar-refractivity contribution >= 4 is 28.1 Å². The van der Waals surface area contributed by atoms with Gasteiger partial charge in [-0.05, 0) is 49.8 Å². The first-order valence-electron chi connectivity index (χ1n) is 7.78. The fourth-order valence-corrected chi connectivity index (χ4v) is 2.40. The highest BCUT2D eigenvalue weighted by Gasteiger charge is 2.29. The van der Waals surface area contributed by atoms with Gasteiger partial charge in [-0.1, -0.05) is 24.3 Å². The van der Waals surface area contributed by atoms with E-state index in [0.717, 1.165) is 6.08 Å². The van der Waals surface area contributed by atoms with Crippen molar-refractivity contribution in [2.24, 2.45) is 0 Å². The summed E-state index contributed by atoms with van der Waals surface area (Å²) >= 11 is 0. The number of ether oxygens (including phenoxy) is 1. The van der Waals surface area contributed by atoms with E-state index in [2.05, 4.69) is 0 Å². The van der Waals surface area contributed by atoms with Crippen LogP contribution in [0.5, 0.6) is 5.75 Å². The third kappa shape index (κ3) is 5.75. The summed E-state index contributed by atoms with van der Waals surface area (Å²) in [5.41, 5.74) is -0.255. The van der Waals surface area contributed by atoms with Crippen molar-refractivity contribution in [2.45, 2.75) is 19.4 Å². The van der Waals surface area contributed by atoms with Crippen molar-refractivity contribution in [1.29, 1.82) is 0 Å². The molecule has 8 heteroatoms. The van der Waals surface area contributed by atoms with E-state index < -0.39 is 21.8 Å². The minimum atomic E-state index is -4.71. The molecule has 6 nitrogen and oxygen atoms in total. The molecule has 0 spiro atoms. The minimum absolute atomic E-state index is 0.285. The van der Waals surface area contributed by atoms with Gasteiger partial charge in [-0.2, -0.15) is 8.42 Å². The van der Waals surface area contributed by atoms with Crippen molar-refractivity contribution in [3.05, 3.63) is 70.6 Å². The average molecular weight is 392 g/mol. The average Bonchev–Trinajstić information content (AvgIpc) is 2.59. The molecular formula is C19H17FO6S. The molecule has 0 bridgehead atoms. The van der Waals surface area contributed by atoms with Gasteiger partial charge in [-0.3, -0.25) is 4.79 Å². The van der Waals surface area contributed by atoms with E-state index in [-0.39, 0.29) is 5.78 Å². The van der Waals surface area contributed by atoms with Crippen LogP contribution in [0.2, 0.25) is 0 Å². The van der Waals surface area contributed by atoms with Gasteiger partial charge in [0, 0.05) is 11.1 Å². The van der Waals surface area contributed by atoms with Crippen LogP contribution in [0.1, 0.15) is 35.3 Å². The smallest absolute Gasteiger partial charge is 0.347 e. The largest absolute Gasteiger partial charge is 0.478 e. The third-order valence-corrected chi connectivity index (χ3v) is 4.06. The van der Waals surface area contributed by atoms with Crippen molar-refractivity contribution in [3.63, 3.8) is 0 Å². The Morgan fingerprint density at radius 3 is 1.93 bits per heavy atom. The normalized spacial score (nSPS) is 12.1. The van der Waals surface area contributed by atoms with Gasteiger partial charge in [0.2, 0.25) is 0 Å². The van der Waals surface area contributed by atoms with Gasteiger partial charge in [0.1, 0.15) is 5.75 Å². The van der Waals surface area contributed by atoms with Crippen LogP contribution in [0.15, 0.2) is 53.9 Å². The second-order valence-corrected chi connectivity index (χ2v) is 7.39. The number of carbonyl (C=O) groups excluding carboxylic acids is 1. The fraction of sp³-hybridized carbons (Fsp3) is 0.158. The number of carbonyl (C=O) groups is 2. The summed E-state index contributed by atoms with van der Waals surface area (Å²) in [6.45, 7) is 2.83. The summed E-state index contributed by atoms with van der Waals surface area (Å²) in [5, 5.41) is 9.49. The number of ketones is 1. The molecular weight excluding hydrogens is 375 g/mol. The molecule has 0 aliphatic rings. The summed E-state index contributed by atoms with van der Waals surface area (Å²) in [6, 6.07) is 12.0. The Labute approximate surface area is 156 Å². The highest BCUT2D eigenvalue weighted by atomic mass is 32.3. The number of carboxylic acid groups (broad SMARTS) is 1. The van der Waals surface area contributed by atoms with Crippen molar-refractivity contribution in [1.82, 2.24) is 0 Å². The maximum absolute atomic E-state index is 12.5. The number of rotatable bonds is 7. The summed E-state index contributed by atoms with van der Waals surface area (Å²) < 4.78 is 38.8. The van der Waals surface area contributed by atoms with Gasteiger partial charge in [0.15, 0.2) is 11.4 Å². The predicted molar refractivity (Wildman–Crippen MR) is 97.7 cm³/mol. The first kappa shape index (κ1) is 20.3. The van der Waals surface area contributed by atoms with E-state index >= 15 is 0 Å². The fourth-order valence-electron chi connectivity index (χ4n) is 2.08. The Morgan fingerprint density at radius 1 is 1.00 bits per heavy atom. The van der Waals surface area contributed by atoms with Gasteiger partial charge < -0.3 is 9.84 Å². The lowest BCUT2D eigenvalue weighted by Gasteiger charge is -2.21. The van der Waals surface area contributed by atoms with Crippen molar-refractivity contribution in [3.8, 4) is 5.75 Å². The first-order chi connectivity index (χ1) is 12.5. The molecule has 1 N–H and O–H groups in total. The molecule has 0 amide bonds. The first-order valence-corrected chi connectivity index (χ1v) is 9.22. The van der Waals surface area contributed by atoms with Gasteiger partial charge in [-0.15, -0.1) is 3.89 Å². The monoisotopic (exact) mass is 392 g/mol. The molecule has 0 atom stereocenters. The molecule has 0 aliphatic carbocycles. The Balaban J connectivity index is 2.14. The van der Waals surface area contributed by atoms with Crippen LogP contribution in [-0.4, -0.2) is 30.9 Å². The van der Waals surface area contributed by atoms with Crippen LogP contribution in [0, 0.1) is 0 Å². The van der Waals surface area contributed by atoms with E-state index in [1.54, 1.807) is 0 Å². The molecule has 142 valence electrons. The predicted octanol–water partition coefficient (Wildman–Crippen LogP) is 3.43. The number of aliphatic carboxylic acids is 1. The van der Waals surface area contributed by atoms with E-state index in [1.807, 2.05) is 0 Å². The van der Waals surface area contributed by atoms with Crippen LogP contribution < -0.4 is 4.74 Å². The van der Waals surface area contributed by atoms with Crippen LogP contribution in [-0.2, 0) is 15.0 Å². The molecule has 0 saturated carbocycles. The van der Waals surface area contributed by atoms with Crippen LogP contribution in [0.25, 0.3) is 6.08 Å². The standard InChI is InChI=1S/C19H17FO6S/c1-19(2,18(22)23)26-16-9-7-15(8-10-16)17(21)14-5-3-13(4-6-14)11-12-27(20,24)25/h3-12H,1-2H3,(H,22,23)/b12-11+. The number of benzene rings is 2. The lowest BCUT2D eigenvalue weighted by Crippen LogP contribution is -2.37. The number of carboxylic acids is 1. The van der Waals surface area contributed by atoms with Crippen LogP contribution >= 0.6 is 0 Å². The Hall–Kier alpha value is -3.00. The second-order valence-electron chi connectivity index (χ2n) is 6.17. The Bertz CT molecular complexity index is 974. The molecule has 2 aromatic carbocycles. The number of halogens is 1. The molecule has 27 heavy (non-hydrogen) atoms. The highest BCUT2D eigenvalue weighted by molar-refractivity contribution is 7.89. The van der Waals surface area contributed by atoms with Gasteiger partial charge >= 0.3 is 16.2 Å². The zero-order valence-electron chi connectivity index (χ0n) is 14.5. The summed E-state index contributed by atoms with van der Waals surface area (Å²) in [5.74, 6) is -1.09. The number of hydrogen-bond acceptors (Lipinski definition) is 5. The molecule has 2 rings (SSSR count). The third-order valence-electron chi connectivity index (χ3n) is 3.60. The molecule has 0 radical (unpaired) electrons. The maximum atomic E-state index is 12.5. The second kappa shape index (κ2) is 7.71. The summed E-state index contributed by atoms with van der Waals surface area (Å²) in [6.07, 6.45) is 1.08. The summed E-state index contributed by atoms with van der Waals surface area (Å²) in [4.78, 5) is 23.5. The lowest BCUT2D eigenvalue weighted by molar-refractivity contribution is -0.152. The zero-order valence-corrected chi connectivity index (χ0v) is 15.4. The summed E-state index contributed by atoms with van der Waals surface area (Å²) in [7, 11) is -4.71. The van der Waals surface area contributed by atoms with Crippen LogP contribution in [0.3, 0.4) is 0 Å². The Kier molecular flexibility index (Phi) is 5.80. The minimum Gasteiger partial charge on any atom is -0.478 e. The molecule has 0 fully saturated rings. The van der Waals surface area contributed by atoms with E-state index in [4.69, 9.17) is 9.84 Å². The molecule has 0 aromatic heterocycles. The van der Waals surface area contributed by atoms with Gasteiger partial charge in [0.05, 0.1) is 5.41 Å². The van der Waals surface area contributed by atoms with Crippen molar-refractivity contribution in [2.75, 3.05) is 0 Å². The Morgan fingerprint density at radius 2 is 1.48 bits per heavy atom.